The maximum atomic E-state index is 13.8. The van der Waals surface area contributed by atoms with Crippen molar-refractivity contribution in [3.05, 3.63) is 106 Å². The fraction of sp³-hybridized carbons (Fsp3) is 0.357. The molecule has 1 fully saturated rings. The summed E-state index contributed by atoms with van der Waals surface area (Å²) in [5.74, 6) is 0.264. The SMILES string of the molecule is O[C@]1(c2ccccc2C(F)(F)F)CCN2C[C@@H]3c4ccccc4CCc4cccc(c43)[C@H]2C1. The average molecular weight is 450 g/mol. The highest BCUT2D eigenvalue weighted by atomic mass is 19.4. The van der Waals surface area contributed by atoms with E-state index >= 15 is 0 Å². The topological polar surface area (TPSA) is 23.5 Å². The van der Waals surface area contributed by atoms with Crippen LogP contribution in [0.5, 0.6) is 0 Å². The summed E-state index contributed by atoms with van der Waals surface area (Å²) in [6, 6.07) is 20.5. The number of alkyl halides is 3. The first-order chi connectivity index (χ1) is 15.9. The van der Waals surface area contributed by atoms with Crippen LogP contribution in [0, 0.1) is 0 Å². The Morgan fingerprint density at radius 1 is 0.848 bits per heavy atom. The number of aryl methyl sites for hydroxylation is 2. The van der Waals surface area contributed by atoms with Gasteiger partial charge in [-0.2, -0.15) is 13.2 Å². The Morgan fingerprint density at radius 2 is 1.55 bits per heavy atom. The quantitative estimate of drug-likeness (QED) is 0.495. The number of piperidine rings is 1. The number of hydrogen-bond donors (Lipinski definition) is 1. The zero-order valence-corrected chi connectivity index (χ0v) is 18.3. The molecule has 0 bridgehead atoms. The first kappa shape index (κ1) is 20.9. The van der Waals surface area contributed by atoms with Crippen molar-refractivity contribution in [3.8, 4) is 0 Å². The molecule has 0 radical (unpaired) electrons. The fourth-order valence-electron chi connectivity index (χ4n) is 6.46. The van der Waals surface area contributed by atoms with E-state index in [1.165, 1.54) is 39.9 Å². The molecule has 0 unspecified atom stereocenters. The lowest BCUT2D eigenvalue weighted by molar-refractivity contribution is -0.142. The Bertz CT molecular complexity index is 1220. The summed E-state index contributed by atoms with van der Waals surface area (Å²) in [5, 5.41) is 11.6. The van der Waals surface area contributed by atoms with Gasteiger partial charge in [-0.15, -0.1) is 0 Å². The van der Waals surface area contributed by atoms with Gasteiger partial charge >= 0.3 is 6.18 Å². The normalized spacial score (nSPS) is 26.7. The Labute approximate surface area is 191 Å². The Hall–Kier alpha value is -2.63. The molecule has 5 heteroatoms. The summed E-state index contributed by atoms with van der Waals surface area (Å²) >= 11 is 0. The molecule has 0 saturated carbocycles. The molecular weight excluding hydrogens is 423 g/mol. The summed E-state index contributed by atoms with van der Waals surface area (Å²) in [5.41, 5.74) is 4.35. The van der Waals surface area contributed by atoms with E-state index in [-0.39, 0.29) is 23.9 Å². The smallest absolute Gasteiger partial charge is 0.385 e. The van der Waals surface area contributed by atoms with Crippen LogP contribution in [0.15, 0.2) is 66.7 Å². The van der Waals surface area contributed by atoms with Gasteiger partial charge in [0.05, 0.1) is 11.2 Å². The molecule has 0 amide bonds. The highest BCUT2D eigenvalue weighted by molar-refractivity contribution is 5.52. The van der Waals surface area contributed by atoms with Crippen LogP contribution in [0.25, 0.3) is 0 Å². The number of rotatable bonds is 1. The molecule has 0 spiro atoms. The molecule has 3 aromatic carbocycles. The Balaban J connectivity index is 1.45. The molecule has 3 atom stereocenters. The van der Waals surface area contributed by atoms with Crippen molar-refractivity contribution in [2.24, 2.45) is 0 Å². The maximum absolute atomic E-state index is 13.8. The van der Waals surface area contributed by atoms with E-state index in [1.54, 1.807) is 6.07 Å². The molecule has 33 heavy (non-hydrogen) atoms. The summed E-state index contributed by atoms with van der Waals surface area (Å²) in [7, 11) is 0. The van der Waals surface area contributed by atoms with E-state index in [9.17, 15) is 18.3 Å². The van der Waals surface area contributed by atoms with Crippen LogP contribution in [-0.2, 0) is 24.6 Å². The maximum Gasteiger partial charge on any atom is 0.416 e. The van der Waals surface area contributed by atoms with Crippen LogP contribution in [0.2, 0.25) is 0 Å². The van der Waals surface area contributed by atoms with E-state index in [2.05, 4.69) is 47.4 Å². The minimum Gasteiger partial charge on any atom is -0.385 e. The number of hydrogen-bond acceptors (Lipinski definition) is 2. The van der Waals surface area contributed by atoms with Gasteiger partial charge in [-0.05, 0) is 58.7 Å². The average Bonchev–Trinajstić information content (AvgIpc) is 2.97. The second kappa shape index (κ2) is 7.44. The minimum absolute atomic E-state index is 0.00615. The van der Waals surface area contributed by atoms with Crippen molar-refractivity contribution in [1.82, 2.24) is 4.90 Å². The molecule has 0 aromatic heterocycles. The van der Waals surface area contributed by atoms with Crippen molar-refractivity contribution in [1.29, 1.82) is 0 Å². The summed E-state index contributed by atoms with van der Waals surface area (Å²) < 4.78 is 41.3. The van der Waals surface area contributed by atoms with Crippen LogP contribution in [-0.4, -0.2) is 23.1 Å². The predicted molar refractivity (Wildman–Crippen MR) is 121 cm³/mol. The molecule has 170 valence electrons. The number of benzene rings is 3. The van der Waals surface area contributed by atoms with Gasteiger partial charge in [0.15, 0.2) is 0 Å². The van der Waals surface area contributed by atoms with Gasteiger partial charge in [0.25, 0.3) is 0 Å². The molecule has 3 aromatic rings. The van der Waals surface area contributed by atoms with E-state index in [1.807, 2.05) is 0 Å². The second-order valence-corrected chi connectivity index (χ2v) is 9.71. The third-order valence-electron chi connectivity index (χ3n) is 7.97. The number of halogens is 3. The van der Waals surface area contributed by atoms with Crippen LogP contribution < -0.4 is 0 Å². The van der Waals surface area contributed by atoms with Crippen molar-refractivity contribution < 1.29 is 18.3 Å². The fourth-order valence-corrected chi connectivity index (χ4v) is 6.46. The molecule has 6 rings (SSSR count). The van der Waals surface area contributed by atoms with Crippen LogP contribution >= 0.6 is 0 Å². The minimum atomic E-state index is -4.49. The third kappa shape index (κ3) is 3.32. The van der Waals surface area contributed by atoms with Gasteiger partial charge in [-0.3, -0.25) is 4.90 Å². The Kier molecular flexibility index (Phi) is 4.72. The first-order valence-electron chi connectivity index (χ1n) is 11.7. The molecule has 1 aliphatic carbocycles. The molecule has 2 nitrogen and oxygen atoms in total. The van der Waals surface area contributed by atoms with Crippen molar-refractivity contribution in [3.63, 3.8) is 0 Å². The summed E-state index contributed by atoms with van der Waals surface area (Å²) in [6.07, 6.45) is -1.97. The zero-order valence-electron chi connectivity index (χ0n) is 18.3. The largest absolute Gasteiger partial charge is 0.416 e. The van der Waals surface area contributed by atoms with Crippen LogP contribution in [0.1, 0.15) is 63.7 Å². The van der Waals surface area contributed by atoms with Crippen molar-refractivity contribution in [2.45, 2.75) is 49.4 Å². The van der Waals surface area contributed by atoms with Crippen LogP contribution in [0.3, 0.4) is 0 Å². The third-order valence-corrected chi connectivity index (χ3v) is 7.97. The van der Waals surface area contributed by atoms with E-state index in [0.717, 1.165) is 25.5 Å². The van der Waals surface area contributed by atoms with E-state index in [4.69, 9.17) is 0 Å². The Morgan fingerprint density at radius 3 is 2.39 bits per heavy atom. The first-order valence-corrected chi connectivity index (χ1v) is 11.7. The predicted octanol–water partition coefficient (Wildman–Crippen LogP) is 5.97. The second-order valence-electron chi connectivity index (χ2n) is 9.71. The van der Waals surface area contributed by atoms with Crippen molar-refractivity contribution in [2.75, 3.05) is 13.1 Å². The van der Waals surface area contributed by atoms with E-state index in [0.29, 0.717) is 13.0 Å². The number of fused-ring (bicyclic) bond motifs is 4. The molecule has 3 aliphatic rings. The molecule has 1 N–H and O–H groups in total. The number of aliphatic hydroxyl groups is 1. The van der Waals surface area contributed by atoms with Gasteiger partial charge in [0.1, 0.15) is 0 Å². The lowest BCUT2D eigenvalue weighted by Gasteiger charge is -2.50. The zero-order chi connectivity index (χ0) is 22.8. The summed E-state index contributed by atoms with van der Waals surface area (Å²) in [6.45, 7) is 1.40. The summed E-state index contributed by atoms with van der Waals surface area (Å²) in [4.78, 5) is 2.38. The highest BCUT2D eigenvalue weighted by Gasteiger charge is 2.48. The lowest BCUT2D eigenvalue weighted by atomic mass is 9.71. The van der Waals surface area contributed by atoms with Gasteiger partial charge in [0.2, 0.25) is 0 Å². The van der Waals surface area contributed by atoms with Gasteiger partial charge in [0, 0.05) is 31.5 Å². The van der Waals surface area contributed by atoms with Gasteiger partial charge in [-0.25, -0.2) is 0 Å². The van der Waals surface area contributed by atoms with Gasteiger partial charge in [-0.1, -0.05) is 60.7 Å². The monoisotopic (exact) mass is 449 g/mol. The van der Waals surface area contributed by atoms with Gasteiger partial charge < -0.3 is 5.11 Å². The highest BCUT2D eigenvalue weighted by Crippen LogP contribution is 2.52. The standard InChI is InChI=1S/C28H26F3NO/c29-28(30,31)24-11-4-3-10-23(24)27(33)14-15-32-17-22-20-8-2-1-6-18(20)12-13-19-7-5-9-21(26(19)22)25(32)16-27/h1-11,22,25,33H,12-17H2/t22-,25-,27-/m1/s1. The van der Waals surface area contributed by atoms with Crippen LogP contribution in [0.4, 0.5) is 13.2 Å². The van der Waals surface area contributed by atoms with Crippen molar-refractivity contribution >= 4 is 0 Å². The lowest BCUT2D eigenvalue weighted by Crippen LogP contribution is -2.49. The van der Waals surface area contributed by atoms with E-state index < -0.39 is 17.3 Å². The molecule has 2 aliphatic heterocycles. The molecule has 2 heterocycles. The molecule has 1 saturated heterocycles. The number of nitrogens with zero attached hydrogens (tertiary/aromatic N) is 1. The molecular formula is C28H26F3NO.